The number of carbonyl (C=O) groups is 1. The number of carbonyl (C=O) groups excluding carboxylic acids is 1. The maximum atomic E-state index is 12.5. The Labute approximate surface area is 230 Å². The molecule has 7 nitrogen and oxygen atoms in total. The summed E-state index contributed by atoms with van der Waals surface area (Å²) < 4.78 is 23.9. The van der Waals surface area contributed by atoms with Crippen LogP contribution in [0.25, 0.3) is 6.08 Å². The number of benzene rings is 3. The molecule has 8 heteroatoms. The molecule has 0 aromatic heterocycles. The highest BCUT2D eigenvalue weighted by atomic mass is 16.7. The number of nitriles is 1. The van der Waals surface area contributed by atoms with Gasteiger partial charge < -0.3 is 24.1 Å². The van der Waals surface area contributed by atoms with Crippen molar-refractivity contribution in [3.8, 4) is 11.8 Å². The minimum atomic E-state index is -0.686. The summed E-state index contributed by atoms with van der Waals surface area (Å²) in [5.74, 6) is 0.471. The van der Waals surface area contributed by atoms with Crippen molar-refractivity contribution < 1.29 is 23.6 Å². The molecule has 200 valence electrons. The molecule has 3 aromatic rings. The van der Waals surface area contributed by atoms with Crippen LogP contribution in [-0.4, -0.2) is 31.0 Å². The van der Waals surface area contributed by atoms with Crippen LogP contribution in [0.3, 0.4) is 0 Å². The summed E-state index contributed by atoms with van der Waals surface area (Å²) in [5.41, 5.74) is 2.69. The van der Waals surface area contributed by atoms with Crippen molar-refractivity contribution in [3.63, 3.8) is 0 Å². The minimum Gasteiger partial charge on any atom is -0.488 e. The smallest absolute Gasteiger partial charge is 0.488 e. The van der Waals surface area contributed by atoms with Crippen LogP contribution < -0.4 is 10.1 Å². The van der Waals surface area contributed by atoms with Gasteiger partial charge in [0.15, 0.2) is 0 Å². The Hall–Kier alpha value is -4.06. The maximum Gasteiger partial charge on any atom is 0.492 e. The van der Waals surface area contributed by atoms with Gasteiger partial charge in [-0.1, -0.05) is 72.8 Å². The van der Waals surface area contributed by atoms with Crippen LogP contribution in [0.1, 0.15) is 49.9 Å². The van der Waals surface area contributed by atoms with E-state index in [1.165, 1.54) is 0 Å². The number of amides is 1. The SMILES string of the molecule is CC1(C)OB(C(=Cc2ccc(C#N)c(OCc3ccccc3)c2)CNC(=O)OCc2ccccc2)OC1(C)C. The van der Waals surface area contributed by atoms with E-state index in [4.69, 9.17) is 18.8 Å². The third-order valence-electron chi connectivity index (χ3n) is 6.92. The van der Waals surface area contributed by atoms with E-state index in [0.29, 0.717) is 23.4 Å². The van der Waals surface area contributed by atoms with Crippen LogP contribution in [0, 0.1) is 11.3 Å². The van der Waals surface area contributed by atoms with Gasteiger partial charge in [0.2, 0.25) is 0 Å². The molecule has 0 saturated carbocycles. The van der Waals surface area contributed by atoms with Crippen LogP contribution in [0.2, 0.25) is 0 Å². The number of hydrogen-bond donors (Lipinski definition) is 1. The van der Waals surface area contributed by atoms with E-state index in [1.807, 2.05) is 101 Å². The van der Waals surface area contributed by atoms with Gasteiger partial charge in [-0.2, -0.15) is 5.26 Å². The molecule has 0 atom stereocenters. The van der Waals surface area contributed by atoms with Gasteiger partial charge in [0, 0.05) is 6.54 Å². The van der Waals surface area contributed by atoms with Crippen LogP contribution in [-0.2, 0) is 27.3 Å². The van der Waals surface area contributed by atoms with Crippen molar-refractivity contribution in [3.05, 3.63) is 107 Å². The lowest BCUT2D eigenvalue weighted by atomic mass is 9.77. The fourth-order valence-electron chi connectivity index (χ4n) is 3.94. The Morgan fingerprint density at radius 3 is 2.10 bits per heavy atom. The van der Waals surface area contributed by atoms with E-state index >= 15 is 0 Å². The monoisotopic (exact) mass is 524 g/mol. The lowest BCUT2D eigenvalue weighted by Gasteiger charge is -2.32. The molecule has 0 aliphatic carbocycles. The molecular weight excluding hydrogens is 491 g/mol. The minimum absolute atomic E-state index is 0.144. The lowest BCUT2D eigenvalue weighted by Crippen LogP contribution is -2.41. The van der Waals surface area contributed by atoms with Gasteiger partial charge in [-0.3, -0.25) is 0 Å². The molecule has 4 rings (SSSR count). The summed E-state index contributed by atoms with van der Waals surface area (Å²) in [7, 11) is -0.686. The molecule has 1 aliphatic heterocycles. The first-order valence-corrected chi connectivity index (χ1v) is 12.9. The highest BCUT2D eigenvalue weighted by Gasteiger charge is 2.52. The van der Waals surface area contributed by atoms with Crippen molar-refractivity contribution in [1.29, 1.82) is 5.26 Å². The summed E-state index contributed by atoms with van der Waals surface area (Å²) in [5, 5.41) is 12.4. The molecule has 1 aliphatic rings. The quantitative estimate of drug-likeness (QED) is 0.342. The molecule has 1 saturated heterocycles. The van der Waals surface area contributed by atoms with Gasteiger partial charge in [-0.05, 0) is 62.0 Å². The molecule has 1 amide bonds. The van der Waals surface area contributed by atoms with E-state index in [0.717, 1.165) is 16.7 Å². The number of ether oxygens (including phenoxy) is 2. The third-order valence-corrected chi connectivity index (χ3v) is 6.92. The molecule has 0 bridgehead atoms. The maximum absolute atomic E-state index is 12.5. The average molecular weight is 524 g/mol. The van der Waals surface area contributed by atoms with Gasteiger partial charge in [0.1, 0.15) is 25.0 Å². The number of alkyl carbamates (subject to hydrolysis) is 1. The van der Waals surface area contributed by atoms with E-state index < -0.39 is 24.4 Å². The number of rotatable bonds is 9. The van der Waals surface area contributed by atoms with Crippen LogP contribution in [0.4, 0.5) is 4.79 Å². The molecule has 0 spiro atoms. The predicted molar refractivity (Wildman–Crippen MR) is 151 cm³/mol. The Bertz CT molecular complexity index is 1330. The summed E-state index contributed by atoms with van der Waals surface area (Å²) in [6.07, 6.45) is 1.34. The zero-order valence-corrected chi connectivity index (χ0v) is 22.8. The van der Waals surface area contributed by atoms with Crippen molar-refractivity contribution >= 4 is 19.3 Å². The van der Waals surface area contributed by atoms with E-state index in [-0.39, 0.29) is 13.2 Å². The second-order valence-electron chi connectivity index (χ2n) is 10.4. The molecule has 1 N–H and O–H groups in total. The van der Waals surface area contributed by atoms with Gasteiger partial charge in [0.05, 0.1) is 16.8 Å². The van der Waals surface area contributed by atoms with Crippen molar-refractivity contribution in [1.82, 2.24) is 5.32 Å². The first-order valence-electron chi connectivity index (χ1n) is 12.9. The Morgan fingerprint density at radius 2 is 1.51 bits per heavy atom. The van der Waals surface area contributed by atoms with Crippen molar-refractivity contribution in [2.24, 2.45) is 0 Å². The second kappa shape index (κ2) is 12.2. The number of nitrogens with one attached hydrogen (secondary N) is 1. The normalized spacial score (nSPS) is 15.9. The van der Waals surface area contributed by atoms with Crippen LogP contribution in [0.5, 0.6) is 5.75 Å². The molecule has 3 aromatic carbocycles. The van der Waals surface area contributed by atoms with E-state index in [9.17, 15) is 10.1 Å². The largest absolute Gasteiger partial charge is 0.492 e. The summed E-state index contributed by atoms with van der Waals surface area (Å²) >= 11 is 0. The highest BCUT2D eigenvalue weighted by Crippen LogP contribution is 2.39. The third kappa shape index (κ3) is 7.29. The lowest BCUT2D eigenvalue weighted by molar-refractivity contribution is 0.00578. The first-order chi connectivity index (χ1) is 18.7. The first kappa shape index (κ1) is 28.0. The fourth-order valence-corrected chi connectivity index (χ4v) is 3.94. The molecule has 0 unspecified atom stereocenters. The molecule has 0 radical (unpaired) electrons. The molecule has 39 heavy (non-hydrogen) atoms. The summed E-state index contributed by atoms with van der Waals surface area (Å²) in [6.45, 7) is 8.55. The predicted octanol–water partition coefficient (Wildman–Crippen LogP) is 6.08. The standard InChI is InChI=1S/C31H33BN2O5/c1-30(2)31(3,4)39-32(38-30)27(20-34-29(35)37-22-24-13-9-6-10-14-24)17-25-15-16-26(19-33)28(18-25)36-21-23-11-7-5-8-12-23/h5-18H,20-22H2,1-4H3,(H,34,35). The van der Waals surface area contributed by atoms with Crippen LogP contribution in [0.15, 0.2) is 84.3 Å². The Kier molecular flexibility index (Phi) is 8.75. The summed E-state index contributed by atoms with van der Waals surface area (Å²) in [6, 6.07) is 26.8. The fraction of sp³-hybridized carbons (Fsp3) is 0.290. The zero-order chi connectivity index (χ0) is 27.9. The van der Waals surface area contributed by atoms with Crippen molar-refractivity contribution in [2.75, 3.05) is 6.54 Å². The number of hydrogen-bond acceptors (Lipinski definition) is 6. The van der Waals surface area contributed by atoms with Gasteiger partial charge in [0.25, 0.3) is 0 Å². The highest BCUT2D eigenvalue weighted by molar-refractivity contribution is 6.56. The second-order valence-corrected chi connectivity index (χ2v) is 10.4. The van der Waals surface area contributed by atoms with Gasteiger partial charge in [-0.25, -0.2) is 4.79 Å². The summed E-state index contributed by atoms with van der Waals surface area (Å²) in [4.78, 5) is 12.5. The Morgan fingerprint density at radius 1 is 0.923 bits per heavy atom. The Balaban J connectivity index is 1.53. The van der Waals surface area contributed by atoms with E-state index in [2.05, 4.69) is 11.4 Å². The zero-order valence-electron chi connectivity index (χ0n) is 22.8. The number of nitrogens with zero attached hydrogens (tertiary/aromatic N) is 1. The average Bonchev–Trinajstić information content (AvgIpc) is 3.16. The van der Waals surface area contributed by atoms with Gasteiger partial charge in [-0.15, -0.1) is 0 Å². The van der Waals surface area contributed by atoms with E-state index in [1.54, 1.807) is 12.1 Å². The van der Waals surface area contributed by atoms with Gasteiger partial charge >= 0.3 is 13.2 Å². The van der Waals surface area contributed by atoms with Crippen LogP contribution >= 0.6 is 0 Å². The molecule has 1 heterocycles. The molecule has 1 fully saturated rings. The van der Waals surface area contributed by atoms with Crippen molar-refractivity contribution in [2.45, 2.75) is 52.1 Å². The molecular formula is C31H33BN2O5. The topological polar surface area (TPSA) is 89.8 Å².